The smallest absolute Gasteiger partial charge is 0.363 e. The first kappa shape index (κ1) is 7.36. The van der Waals surface area contributed by atoms with Crippen molar-refractivity contribution in [1.29, 1.82) is 0 Å². The Morgan fingerprint density at radius 2 is 1.91 bits per heavy atom. The van der Waals surface area contributed by atoms with Crippen molar-refractivity contribution in [3.8, 4) is 12.0 Å². The first-order valence-electron chi connectivity index (χ1n) is 3.02. The number of hydrogen-bond donors (Lipinski definition) is 0. The maximum absolute atomic E-state index is 9.55. The van der Waals surface area contributed by atoms with Gasteiger partial charge < -0.3 is 4.74 Å². The van der Waals surface area contributed by atoms with E-state index in [1.807, 2.05) is 30.3 Å². The second-order valence-electron chi connectivity index (χ2n) is 1.78. The minimum absolute atomic E-state index is 0.808. The average Bonchev–Trinajstić information content (AvgIpc) is 2.07. The lowest BCUT2D eigenvalue weighted by Crippen LogP contribution is -1.75. The van der Waals surface area contributed by atoms with Gasteiger partial charge in [-0.25, -0.2) is 4.79 Å². The van der Waals surface area contributed by atoms with Crippen molar-refractivity contribution < 1.29 is 9.53 Å². The normalized spacial score (nSPS) is 7.64. The summed E-state index contributed by atoms with van der Waals surface area (Å²) in [6.07, 6.45) is 2.18. The summed E-state index contributed by atoms with van der Waals surface area (Å²) >= 11 is 0. The molecule has 1 aromatic carbocycles. The van der Waals surface area contributed by atoms with Gasteiger partial charge in [0.05, 0.1) is 0 Å². The SMILES string of the molecule is O=[C]OC#Cc1ccccc1. The van der Waals surface area contributed by atoms with Gasteiger partial charge in [-0.15, -0.1) is 0 Å². The number of carbonyl (C=O) groups excluding carboxylic acids is 1. The maximum Gasteiger partial charge on any atom is 0.432 e. The molecule has 0 aliphatic heterocycles. The predicted octanol–water partition coefficient (Wildman–Crippen LogP) is 1.08. The molecule has 0 N–H and O–H groups in total. The zero-order chi connectivity index (χ0) is 7.94. The van der Waals surface area contributed by atoms with Gasteiger partial charge in [0.15, 0.2) is 0 Å². The highest BCUT2D eigenvalue weighted by Crippen LogP contribution is 1.94. The number of ether oxygens (including phenoxy) is 1. The number of rotatable bonds is 1. The molecule has 2 nitrogen and oxygen atoms in total. The van der Waals surface area contributed by atoms with Crippen molar-refractivity contribution in [2.75, 3.05) is 0 Å². The molecule has 0 bridgehead atoms. The van der Waals surface area contributed by atoms with Gasteiger partial charge >= 0.3 is 6.47 Å². The molecule has 0 saturated carbocycles. The summed E-state index contributed by atoms with van der Waals surface area (Å²) in [6.45, 7) is 1.21. The van der Waals surface area contributed by atoms with Gasteiger partial charge in [-0.1, -0.05) is 18.2 Å². The summed E-state index contributed by atoms with van der Waals surface area (Å²) in [5.74, 6) is 2.61. The lowest BCUT2D eigenvalue weighted by atomic mass is 10.2. The predicted molar refractivity (Wildman–Crippen MR) is 40.1 cm³/mol. The molecule has 0 aliphatic carbocycles. The Morgan fingerprint density at radius 3 is 2.55 bits per heavy atom. The topological polar surface area (TPSA) is 26.3 Å². The second kappa shape index (κ2) is 4.13. The largest absolute Gasteiger partial charge is 0.432 e. The molecule has 0 atom stereocenters. The Hall–Kier alpha value is -1.75. The standard InChI is InChI=1S/C9H5O2/c10-8-11-7-6-9-4-2-1-3-5-9/h1-5H. The van der Waals surface area contributed by atoms with Gasteiger partial charge in [0.2, 0.25) is 0 Å². The molecule has 53 valence electrons. The molecule has 0 unspecified atom stereocenters. The average molecular weight is 145 g/mol. The molecule has 0 aromatic heterocycles. The minimum Gasteiger partial charge on any atom is -0.363 e. The zero-order valence-electron chi connectivity index (χ0n) is 5.70. The molecule has 1 aromatic rings. The highest BCUT2D eigenvalue weighted by molar-refractivity contribution is 5.42. The number of hydrogen-bond acceptors (Lipinski definition) is 2. The molecular formula is C9H5O2. The van der Waals surface area contributed by atoms with Crippen molar-refractivity contribution >= 4 is 6.47 Å². The van der Waals surface area contributed by atoms with Crippen LogP contribution in [0, 0.1) is 12.0 Å². The summed E-state index contributed by atoms with van der Waals surface area (Å²) in [5.41, 5.74) is 0.808. The van der Waals surface area contributed by atoms with E-state index in [0.29, 0.717) is 0 Å². The molecule has 1 rings (SSSR count). The quantitative estimate of drug-likeness (QED) is 0.553. The summed E-state index contributed by atoms with van der Waals surface area (Å²) < 4.78 is 4.07. The summed E-state index contributed by atoms with van der Waals surface area (Å²) in [6, 6.07) is 9.24. The minimum atomic E-state index is 0.808. The van der Waals surface area contributed by atoms with Crippen molar-refractivity contribution in [3.63, 3.8) is 0 Å². The second-order valence-corrected chi connectivity index (χ2v) is 1.78. The van der Waals surface area contributed by atoms with Crippen LogP contribution in [0.4, 0.5) is 0 Å². The van der Waals surface area contributed by atoms with Gasteiger partial charge in [-0.05, 0) is 18.1 Å². The van der Waals surface area contributed by atoms with E-state index >= 15 is 0 Å². The molecule has 2 heteroatoms. The van der Waals surface area contributed by atoms with E-state index in [2.05, 4.69) is 16.8 Å². The first-order chi connectivity index (χ1) is 5.43. The summed E-state index contributed by atoms with van der Waals surface area (Å²) in [5, 5.41) is 0. The third kappa shape index (κ3) is 2.55. The molecule has 0 saturated heterocycles. The van der Waals surface area contributed by atoms with Crippen LogP contribution in [0.5, 0.6) is 0 Å². The third-order valence-electron chi connectivity index (χ3n) is 1.06. The number of benzene rings is 1. The van der Waals surface area contributed by atoms with Crippen LogP contribution in [0.15, 0.2) is 30.3 Å². The third-order valence-corrected chi connectivity index (χ3v) is 1.06. The van der Waals surface area contributed by atoms with E-state index in [1.54, 1.807) is 0 Å². The Morgan fingerprint density at radius 1 is 1.18 bits per heavy atom. The van der Waals surface area contributed by atoms with Crippen LogP contribution in [0.3, 0.4) is 0 Å². The highest BCUT2D eigenvalue weighted by Gasteiger charge is 1.80. The lowest BCUT2D eigenvalue weighted by molar-refractivity contribution is 0.420. The van der Waals surface area contributed by atoms with E-state index in [-0.39, 0.29) is 0 Å². The van der Waals surface area contributed by atoms with Crippen molar-refractivity contribution in [2.45, 2.75) is 0 Å². The molecular weight excluding hydrogens is 140 g/mol. The molecule has 0 amide bonds. The molecule has 0 spiro atoms. The summed E-state index contributed by atoms with van der Waals surface area (Å²) in [7, 11) is 0. The highest BCUT2D eigenvalue weighted by atomic mass is 16.5. The van der Waals surface area contributed by atoms with Crippen LogP contribution in [0.25, 0.3) is 0 Å². The van der Waals surface area contributed by atoms with E-state index in [9.17, 15) is 4.79 Å². The Balaban J connectivity index is 2.66. The van der Waals surface area contributed by atoms with E-state index in [4.69, 9.17) is 0 Å². The van der Waals surface area contributed by atoms with Crippen molar-refractivity contribution in [1.82, 2.24) is 0 Å². The van der Waals surface area contributed by atoms with Crippen LogP contribution in [-0.4, -0.2) is 6.47 Å². The lowest BCUT2D eigenvalue weighted by Gasteiger charge is -1.83. The molecule has 0 fully saturated rings. The molecule has 0 aliphatic rings. The van der Waals surface area contributed by atoms with Crippen LogP contribution < -0.4 is 0 Å². The van der Waals surface area contributed by atoms with Crippen molar-refractivity contribution in [3.05, 3.63) is 35.9 Å². The Bertz CT molecular complexity index is 279. The van der Waals surface area contributed by atoms with Crippen LogP contribution >= 0.6 is 0 Å². The van der Waals surface area contributed by atoms with Crippen LogP contribution in [0.1, 0.15) is 5.56 Å². The molecule has 11 heavy (non-hydrogen) atoms. The van der Waals surface area contributed by atoms with Gasteiger partial charge in [0.1, 0.15) is 6.11 Å². The Kier molecular flexibility index (Phi) is 2.76. The fourth-order valence-electron chi connectivity index (χ4n) is 0.627. The molecule has 0 heterocycles. The van der Waals surface area contributed by atoms with Crippen LogP contribution in [0.2, 0.25) is 0 Å². The van der Waals surface area contributed by atoms with Gasteiger partial charge in [-0.3, -0.25) is 0 Å². The van der Waals surface area contributed by atoms with Gasteiger partial charge in [-0.2, -0.15) is 0 Å². The van der Waals surface area contributed by atoms with Crippen molar-refractivity contribution in [2.24, 2.45) is 0 Å². The fraction of sp³-hybridized carbons (Fsp3) is 0. The van der Waals surface area contributed by atoms with E-state index in [1.165, 1.54) is 6.47 Å². The van der Waals surface area contributed by atoms with Gasteiger partial charge in [0, 0.05) is 5.56 Å². The summed E-state index contributed by atoms with van der Waals surface area (Å²) in [4.78, 5) is 9.55. The van der Waals surface area contributed by atoms with E-state index < -0.39 is 0 Å². The Labute approximate surface area is 64.8 Å². The van der Waals surface area contributed by atoms with Crippen LogP contribution in [-0.2, 0) is 9.53 Å². The maximum atomic E-state index is 9.55. The molecule has 1 radical (unpaired) electrons. The monoisotopic (exact) mass is 145 g/mol. The fourth-order valence-corrected chi connectivity index (χ4v) is 0.627. The zero-order valence-corrected chi connectivity index (χ0v) is 5.70. The van der Waals surface area contributed by atoms with Gasteiger partial charge in [0.25, 0.3) is 0 Å². The van der Waals surface area contributed by atoms with E-state index in [0.717, 1.165) is 5.56 Å². The first-order valence-corrected chi connectivity index (χ1v) is 3.02.